The summed E-state index contributed by atoms with van der Waals surface area (Å²) in [7, 11) is 1.75. The maximum atomic E-state index is 3.99. The average Bonchev–Trinajstić information content (AvgIpc) is 2.48. The van der Waals surface area contributed by atoms with Gasteiger partial charge in [-0.05, 0) is 26.6 Å². The Morgan fingerprint density at radius 1 is 1.54 bits per heavy atom. The van der Waals surface area contributed by atoms with E-state index in [2.05, 4.69) is 35.1 Å². The average molecular weight is 177 g/mol. The molecule has 70 valence electrons. The van der Waals surface area contributed by atoms with E-state index in [1.54, 1.807) is 13.3 Å². The highest BCUT2D eigenvalue weighted by atomic mass is 15.1. The van der Waals surface area contributed by atoms with Gasteiger partial charge in [0.2, 0.25) is 0 Å². The van der Waals surface area contributed by atoms with Crippen molar-refractivity contribution in [3.8, 4) is 0 Å². The lowest BCUT2D eigenvalue weighted by molar-refractivity contribution is 0.608. The van der Waals surface area contributed by atoms with Crippen molar-refractivity contribution < 1.29 is 0 Å². The third-order valence-corrected chi connectivity index (χ3v) is 1.89. The molecular formula is C10H15N3. The van der Waals surface area contributed by atoms with Crippen molar-refractivity contribution in [3.63, 3.8) is 0 Å². The summed E-state index contributed by atoms with van der Waals surface area (Å²) in [4.78, 5) is 7.95. The molecule has 1 aromatic rings. The quantitative estimate of drug-likeness (QED) is 0.635. The first-order chi connectivity index (χ1) is 6.20. The summed E-state index contributed by atoms with van der Waals surface area (Å²) in [5.41, 5.74) is 1.02. The van der Waals surface area contributed by atoms with Gasteiger partial charge in [0.1, 0.15) is 5.82 Å². The zero-order valence-electron chi connectivity index (χ0n) is 8.36. The Morgan fingerprint density at radius 2 is 2.23 bits per heavy atom. The van der Waals surface area contributed by atoms with E-state index in [9.17, 15) is 0 Å². The predicted molar refractivity (Wildman–Crippen MR) is 57.5 cm³/mol. The Kier molecular flexibility index (Phi) is 3.01. The smallest absolute Gasteiger partial charge is 0.140 e. The lowest BCUT2D eigenvalue weighted by Crippen LogP contribution is -1.97. The Balaban J connectivity index is 3.17. The van der Waals surface area contributed by atoms with Crippen LogP contribution in [-0.4, -0.2) is 24.5 Å². The number of aromatic nitrogens is 1. The van der Waals surface area contributed by atoms with E-state index < -0.39 is 0 Å². The largest absolute Gasteiger partial charge is 0.330 e. The first-order valence-corrected chi connectivity index (χ1v) is 4.30. The van der Waals surface area contributed by atoms with Crippen LogP contribution < -0.4 is 0 Å². The van der Waals surface area contributed by atoms with Gasteiger partial charge in [0.15, 0.2) is 0 Å². The van der Waals surface area contributed by atoms with Gasteiger partial charge in [0, 0.05) is 31.1 Å². The molecule has 1 aromatic heterocycles. The SMILES string of the molecule is C=Nc1c(/C=N\C)ccn1C(C)C. The van der Waals surface area contributed by atoms with Gasteiger partial charge in [-0.3, -0.25) is 4.99 Å². The molecule has 0 saturated carbocycles. The molecule has 0 aliphatic heterocycles. The van der Waals surface area contributed by atoms with Gasteiger partial charge in [-0.25, -0.2) is 4.99 Å². The summed E-state index contributed by atoms with van der Waals surface area (Å²) in [6.07, 6.45) is 3.80. The van der Waals surface area contributed by atoms with Crippen LogP contribution >= 0.6 is 0 Å². The fourth-order valence-electron chi connectivity index (χ4n) is 1.28. The molecule has 1 rings (SSSR count). The minimum atomic E-state index is 0.402. The Bertz CT molecular complexity index is 321. The van der Waals surface area contributed by atoms with Crippen molar-refractivity contribution in [3.05, 3.63) is 17.8 Å². The van der Waals surface area contributed by atoms with Gasteiger partial charge in [-0.15, -0.1) is 0 Å². The standard InChI is InChI=1S/C10H15N3/c1-8(2)13-6-5-9(7-11-3)10(13)12-4/h5-8H,4H2,1-3H3/b11-7-. The highest BCUT2D eigenvalue weighted by molar-refractivity contribution is 5.86. The van der Waals surface area contributed by atoms with Crippen molar-refractivity contribution in [2.45, 2.75) is 19.9 Å². The van der Waals surface area contributed by atoms with E-state index >= 15 is 0 Å². The van der Waals surface area contributed by atoms with Crippen molar-refractivity contribution >= 4 is 18.7 Å². The van der Waals surface area contributed by atoms with E-state index in [1.165, 1.54) is 0 Å². The number of rotatable bonds is 3. The van der Waals surface area contributed by atoms with Crippen LogP contribution in [0.15, 0.2) is 22.2 Å². The molecule has 0 fully saturated rings. The number of hydrogen-bond acceptors (Lipinski definition) is 2. The molecule has 0 aliphatic carbocycles. The molecule has 0 aromatic carbocycles. The topological polar surface area (TPSA) is 29.6 Å². The normalized spacial score (nSPS) is 11.4. The molecule has 0 bridgehead atoms. The highest BCUT2D eigenvalue weighted by Crippen LogP contribution is 2.22. The lowest BCUT2D eigenvalue weighted by Gasteiger charge is -2.09. The summed E-state index contributed by atoms with van der Waals surface area (Å²) in [6.45, 7) is 7.78. The van der Waals surface area contributed by atoms with Crippen LogP contribution in [0.25, 0.3) is 0 Å². The van der Waals surface area contributed by atoms with Gasteiger partial charge in [-0.1, -0.05) is 0 Å². The molecule has 0 N–H and O–H groups in total. The van der Waals surface area contributed by atoms with Gasteiger partial charge in [0.25, 0.3) is 0 Å². The van der Waals surface area contributed by atoms with Crippen LogP contribution in [-0.2, 0) is 0 Å². The highest BCUT2D eigenvalue weighted by Gasteiger charge is 2.07. The van der Waals surface area contributed by atoms with Gasteiger partial charge in [0.05, 0.1) is 0 Å². The van der Waals surface area contributed by atoms with Crippen LogP contribution in [0.3, 0.4) is 0 Å². The summed E-state index contributed by atoms with van der Waals surface area (Å²) < 4.78 is 2.07. The van der Waals surface area contributed by atoms with Crippen molar-refractivity contribution in [1.82, 2.24) is 4.57 Å². The molecule has 3 nitrogen and oxygen atoms in total. The lowest BCUT2D eigenvalue weighted by atomic mass is 10.3. The van der Waals surface area contributed by atoms with Crippen molar-refractivity contribution in [2.75, 3.05) is 7.05 Å². The first-order valence-electron chi connectivity index (χ1n) is 4.30. The first kappa shape index (κ1) is 9.71. The third-order valence-electron chi connectivity index (χ3n) is 1.89. The van der Waals surface area contributed by atoms with E-state index in [0.29, 0.717) is 6.04 Å². The van der Waals surface area contributed by atoms with Gasteiger partial charge < -0.3 is 4.57 Å². The molecule has 0 unspecified atom stereocenters. The van der Waals surface area contributed by atoms with E-state index in [0.717, 1.165) is 11.4 Å². The molecule has 0 radical (unpaired) electrons. The molecule has 0 aliphatic rings. The molecular weight excluding hydrogens is 162 g/mol. The molecule has 13 heavy (non-hydrogen) atoms. The van der Waals surface area contributed by atoms with E-state index in [4.69, 9.17) is 0 Å². The summed E-state index contributed by atoms with van der Waals surface area (Å²) >= 11 is 0. The third kappa shape index (κ3) is 1.86. The second-order valence-electron chi connectivity index (χ2n) is 3.14. The fourth-order valence-corrected chi connectivity index (χ4v) is 1.28. The van der Waals surface area contributed by atoms with Gasteiger partial charge >= 0.3 is 0 Å². The van der Waals surface area contributed by atoms with Crippen LogP contribution in [0.2, 0.25) is 0 Å². The van der Waals surface area contributed by atoms with Crippen LogP contribution in [0.5, 0.6) is 0 Å². The molecule has 0 spiro atoms. The van der Waals surface area contributed by atoms with Crippen LogP contribution in [0.4, 0.5) is 5.82 Å². The van der Waals surface area contributed by atoms with E-state index in [-0.39, 0.29) is 0 Å². The monoisotopic (exact) mass is 177 g/mol. The summed E-state index contributed by atoms with van der Waals surface area (Å²) in [5, 5.41) is 0. The minimum Gasteiger partial charge on any atom is -0.330 e. The zero-order chi connectivity index (χ0) is 9.84. The molecule has 0 saturated heterocycles. The van der Waals surface area contributed by atoms with Crippen molar-refractivity contribution in [1.29, 1.82) is 0 Å². The van der Waals surface area contributed by atoms with Crippen LogP contribution in [0, 0.1) is 0 Å². The number of aliphatic imine (C=N–C) groups is 2. The molecule has 0 atom stereocenters. The maximum absolute atomic E-state index is 3.99. The maximum Gasteiger partial charge on any atom is 0.140 e. The minimum absolute atomic E-state index is 0.402. The fraction of sp³-hybridized carbons (Fsp3) is 0.400. The number of nitrogens with zero attached hydrogens (tertiary/aromatic N) is 3. The molecule has 0 amide bonds. The van der Waals surface area contributed by atoms with Gasteiger partial charge in [-0.2, -0.15) is 0 Å². The Morgan fingerprint density at radius 3 is 2.69 bits per heavy atom. The van der Waals surface area contributed by atoms with E-state index in [1.807, 2.05) is 12.3 Å². The zero-order valence-corrected chi connectivity index (χ0v) is 8.36. The summed E-state index contributed by atoms with van der Waals surface area (Å²) in [6, 6.07) is 2.40. The summed E-state index contributed by atoms with van der Waals surface area (Å²) in [5.74, 6) is 0.889. The Labute approximate surface area is 78.8 Å². The molecule has 3 heteroatoms. The second kappa shape index (κ2) is 4.03. The predicted octanol–water partition coefficient (Wildman–Crippen LogP) is 2.45. The van der Waals surface area contributed by atoms with Crippen LogP contribution in [0.1, 0.15) is 25.5 Å². The Hall–Kier alpha value is -1.38. The molecule has 1 heterocycles. The number of hydrogen-bond donors (Lipinski definition) is 0. The van der Waals surface area contributed by atoms with Crippen molar-refractivity contribution in [2.24, 2.45) is 9.98 Å². The second-order valence-corrected chi connectivity index (χ2v) is 3.14.